The molecule has 0 spiro atoms. The molecular formula is C12H16O3. The number of ether oxygens (including phenoxy) is 2. The molecular weight excluding hydrogens is 192 g/mol. The molecule has 0 aromatic heterocycles. The van der Waals surface area contributed by atoms with Crippen LogP contribution >= 0.6 is 0 Å². The predicted octanol–water partition coefficient (Wildman–Crippen LogP) is 1.91. The minimum absolute atomic E-state index is 0.256. The molecule has 1 heterocycles. The fourth-order valence-corrected chi connectivity index (χ4v) is 1.54. The van der Waals surface area contributed by atoms with Crippen molar-refractivity contribution in [1.82, 2.24) is 0 Å². The highest BCUT2D eigenvalue weighted by atomic mass is 16.6. The van der Waals surface area contributed by atoms with Crippen LogP contribution in [-0.2, 0) is 4.74 Å². The van der Waals surface area contributed by atoms with Gasteiger partial charge in [0, 0.05) is 6.42 Å². The summed E-state index contributed by atoms with van der Waals surface area (Å²) in [6, 6.07) is 7.57. The zero-order valence-electron chi connectivity index (χ0n) is 8.85. The first-order chi connectivity index (χ1) is 7.29. The Labute approximate surface area is 89.6 Å². The lowest BCUT2D eigenvalue weighted by Crippen LogP contribution is -2.01. The van der Waals surface area contributed by atoms with E-state index in [1.54, 1.807) is 0 Å². The summed E-state index contributed by atoms with van der Waals surface area (Å²) in [5.74, 6) is 0.844. The third-order valence-corrected chi connectivity index (χ3v) is 2.46. The smallest absolute Gasteiger partial charge is 0.119 e. The van der Waals surface area contributed by atoms with Gasteiger partial charge in [0.15, 0.2) is 0 Å². The van der Waals surface area contributed by atoms with Crippen LogP contribution < -0.4 is 4.74 Å². The molecule has 1 aromatic rings. The number of hydrogen-bond donors (Lipinski definition) is 1. The Hall–Kier alpha value is -1.06. The van der Waals surface area contributed by atoms with Crippen molar-refractivity contribution in [2.75, 3.05) is 13.2 Å². The van der Waals surface area contributed by atoms with Crippen molar-refractivity contribution in [3.05, 3.63) is 29.8 Å². The Balaban J connectivity index is 1.95. The van der Waals surface area contributed by atoms with E-state index in [0.717, 1.165) is 17.9 Å². The van der Waals surface area contributed by atoms with Gasteiger partial charge >= 0.3 is 0 Å². The highest BCUT2D eigenvalue weighted by Gasteiger charge is 2.26. The van der Waals surface area contributed by atoms with Gasteiger partial charge in [-0.2, -0.15) is 0 Å². The molecule has 3 heteroatoms. The topological polar surface area (TPSA) is 42.0 Å². The van der Waals surface area contributed by atoms with Gasteiger partial charge in [-0.15, -0.1) is 0 Å². The molecule has 2 rings (SSSR count). The minimum atomic E-state index is -0.423. The van der Waals surface area contributed by atoms with Crippen molar-refractivity contribution >= 4 is 0 Å². The van der Waals surface area contributed by atoms with Crippen molar-refractivity contribution in [1.29, 1.82) is 0 Å². The third-order valence-electron chi connectivity index (χ3n) is 2.46. The van der Waals surface area contributed by atoms with Gasteiger partial charge in [0.25, 0.3) is 0 Å². The summed E-state index contributed by atoms with van der Waals surface area (Å²) in [6.07, 6.45) is 0.522. The van der Waals surface area contributed by atoms with E-state index in [2.05, 4.69) is 0 Å². The Kier molecular flexibility index (Phi) is 3.23. The molecule has 15 heavy (non-hydrogen) atoms. The SMILES string of the molecule is CCOc1ccc(C(O)CC2CO2)cc1. The zero-order chi connectivity index (χ0) is 10.7. The summed E-state index contributed by atoms with van der Waals surface area (Å²) in [6.45, 7) is 3.40. The van der Waals surface area contributed by atoms with E-state index >= 15 is 0 Å². The summed E-state index contributed by atoms with van der Waals surface area (Å²) in [5.41, 5.74) is 0.925. The van der Waals surface area contributed by atoms with Crippen LogP contribution in [-0.4, -0.2) is 24.4 Å². The Bertz CT molecular complexity index is 303. The molecule has 2 atom stereocenters. The second-order valence-electron chi connectivity index (χ2n) is 3.71. The Morgan fingerprint density at radius 1 is 1.47 bits per heavy atom. The number of epoxide rings is 1. The summed E-state index contributed by atoms with van der Waals surface area (Å²) in [4.78, 5) is 0. The molecule has 0 radical (unpaired) electrons. The molecule has 0 bridgehead atoms. The highest BCUT2D eigenvalue weighted by molar-refractivity contribution is 5.28. The lowest BCUT2D eigenvalue weighted by Gasteiger charge is -2.10. The average Bonchev–Trinajstić information content (AvgIpc) is 3.03. The largest absolute Gasteiger partial charge is 0.494 e. The summed E-state index contributed by atoms with van der Waals surface area (Å²) in [5, 5.41) is 9.83. The minimum Gasteiger partial charge on any atom is -0.494 e. The second kappa shape index (κ2) is 4.64. The Morgan fingerprint density at radius 2 is 2.13 bits per heavy atom. The van der Waals surface area contributed by atoms with Crippen molar-refractivity contribution in [2.45, 2.75) is 25.6 Å². The summed E-state index contributed by atoms with van der Waals surface area (Å²) >= 11 is 0. The maximum atomic E-state index is 9.83. The number of aliphatic hydroxyl groups is 1. The Morgan fingerprint density at radius 3 is 2.67 bits per heavy atom. The molecule has 82 valence electrons. The van der Waals surface area contributed by atoms with E-state index in [-0.39, 0.29) is 6.10 Å². The lowest BCUT2D eigenvalue weighted by atomic mass is 10.1. The predicted molar refractivity (Wildman–Crippen MR) is 56.9 cm³/mol. The van der Waals surface area contributed by atoms with E-state index in [9.17, 15) is 5.11 Å². The van der Waals surface area contributed by atoms with Crippen LogP contribution in [0.5, 0.6) is 5.75 Å². The van der Waals surface area contributed by atoms with E-state index in [4.69, 9.17) is 9.47 Å². The van der Waals surface area contributed by atoms with Gasteiger partial charge in [0.2, 0.25) is 0 Å². The molecule has 2 unspecified atom stereocenters. The van der Waals surface area contributed by atoms with Gasteiger partial charge in [-0.25, -0.2) is 0 Å². The monoisotopic (exact) mass is 208 g/mol. The first kappa shape index (κ1) is 10.5. The number of benzene rings is 1. The van der Waals surface area contributed by atoms with Crippen LogP contribution in [0.15, 0.2) is 24.3 Å². The van der Waals surface area contributed by atoms with Gasteiger partial charge in [-0.05, 0) is 24.6 Å². The fourth-order valence-electron chi connectivity index (χ4n) is 1.54. The van der Waals surface area contributed by atoms with Crippen LogP contribution in [0.25, 0.3) is 0 Å². The fraction of sp³-hybridized carbons (Fsp3) is 0.500. The second-order valence-corrected chi connectivity index (χ2v) is 3.71. The number of hydrogen-bond acceptors (Lipinski definition) is 3. The quantitative estimate of drug-likeness (QED) is 0.751. The van der Waals surface area contributed by atoms with Crippen LogP contribution in [0.3, 0.4) is 0 Å². The average molecular weight is 208 g/mol. The summed E-state index contributed by atoms with van der Waals surface area (Å²) < 4.78 is 10.4. The molecule has 0 saturated carbocycles. The first-order valence-corrected chi connectivity index (χ1v) is 5.32. The van der Waals surface area contributed by atoms with Crippen molar-refractivity contribution in [3.63, 3.8) is 0 Å². The highest BCUT2D eigenvalue weighted by Crippen LogP contribution is 2.26. The van der Waals surface area contributed by atoms with Crippen molar-refractivity contribution in [2.24, 2.45) is 0 Å². The maximum absolute atomic E-state index is 9.83. The number of rotatable bonds is 5. The van der Waals surface area contributed by atoms with E-state index in [0.29, 0.717) is 13.0 Å². The van der Waals surface area contributed by atoms with E-state index < -0.39 is 6.10 Å². The third kappa shape index (κ3) is 2.94. The van der Waals surface area contributed by atoms with Crippen molar-refractivity contribution in [3.8, 4) is 5.75 Å². The molecule has 1 aliphatic rings. The molecule has 0 aliphatic carbocycles. The summed E-state index contributed by atoms with van der Waals surface area (Å²) in [7, 11) is 0. The molecule has 3 nitrogen and oxygen atoms in total. The van der Waals surface area contributed by atoms with Crippen LogP contribution in [0.1, 0.15) is 25.0 Å². The molecule has 1 fully saturated rings. The molecule has 1 aliphatic heterocycles. The van der Waals surface area contributed by atoms with E-state index in [1.165, 1.54) is 0 Å². The van der Waals surface area contributed by atoms with Gasteiger partial charge in [0.1, 0.15) is 5.75 Å². The first-order valence-electron chi connectivity index (χ1n) is 5.32. The van der Waals surface area contributed by atoms with Crippen LogP contribution in [0, 0.1) is 0 Å². The molecule has 1 saturated heterocycles. The van der Waals surface area contributed by atoms with Gasteiger partial charge in [-0.1, -0.05) is 12.1 Å². The van der Waals surface area contributed by atoms with Crippen LogP contribution in [0.2, 0.25) is 0 Å². The van der Waals surface area contributed by atoms with Gasteiger partial charge in [0.05, 0.1) is 25.4 Å². The molecule has 1 aromatic carbocycles. The van der Waals surface area contributed by atoms with Gasteiger partial charge < -0.3 is 14.6 Å². The number of aliphatic hydroxyl groups excluding tert-OH is 1. The molecule has 0 amide bonds. The zero-order valence-corrected chi connectivity index (χ0v) is 8.85. The van der Waals surface area contributed by atoms with Crippen molar-refractivity contribution < 1.29 is 14.6 Å². The molecule has 1 N–H and O–H groups in total. The van der Waals surface area contributed by atoms with E-state index in [1.807, 2.05) is 31.2 Å². The standard InChI is InChI=1S/C12H16O3/c1-2-14-10-5-3-9(4-6-10)12(13)7-11-8-15-11/h3-6,11-13H,2,7-8H2,1H3. The lowest BCUT2D eigenvalue weighted by molar-refractivity contribution is 0.154. The normalized spacial score (nSPS) is 21.1. The van der Waals surface area contributed by atoms with Gasteiger partial charge in [-0.3, -0.25) is 0 Å². The van der Waals surface area contributed by atoms with Crippen LogP contribution in [0.4, 0.5) is 0 Å². The maximum Gasteiger partial charge on any atom is 0.119 e.